The lowest BCUT2D eigenvalue weighted by Crippen LogP contribution is -2.34. The third-order valence-corrected chi connectivity index (χ3v) is 1.60. The van der Waals surface area contributed by atoms with Crippen molar-refractivity contribution in [1.82, 2.24) is 15.1 Å². The molecular weight excluding hydrogens is 188 g/mol. The molecule has 1 heterocycles. The van der Waals surface area contributed by atoms with Gasteiger partial charge in [0, 0.05) is 13.2 Å². The number of aromatic nitrogens is 2. The predicted molar refractivity (Wildman–Crippen MR) is 52.3 cm³/mol. The van der Waals surface area contributed by atoms with Crippen molar-refractivity contribution in [2.75, 3.05) is 13.6 Å². The Bertz CT molecular complexity index is 308. The van der Waals surface area contributed by atoms with Gasteiger partial charge in [0.25, 0.3) is 5.91 Å². The zero-order valence-electron chi connectivity index (χ0n) is 7.15. The summed E-state index contributed by atoms with van der Waals surface area (Å²) in [5.74, 6) is -0.176. The van der Waals surface area contributed by atoms with Gasteiger partial charge in [-0.1, -0.05) is 12.2 Å². The van der Waals surface area contributed by atoms with E-state index in [4.69, 9.17) is 5.73 Å². The van der Waals surface area contributed by atoms with Gasteiger partial charge in [0.15, 0.2) is 0 Å². The summed E-state index contributed by atoms with van der Waals surface area (Å²) < 4.78 is 0. The van der Waals surface area contributed by atoms with Crippen molar-refractivity contribution in [3.8, 4) is 0 Å². The SMILES string of the molecule is CN(CC(N)=S)C(=O)c1ccn[nH]1. The molecule has 0 aliphatic rings. The minimum Gasteiger partial charge on any atom is -0.392 e. The molecule has 0 bridgehead atoms. The van der Waals surface area contributed by atoms with Crippen LogP contribution in [0.1, 0.15) is 10.5 Å². The number of carbonyl (C=O) groups excluding carboxylic acids is 1. The van der Waals surface area contributed by atoms with E-state index in [0.29, 0.717) is 5.69 Å². The molecule has 0 unspecified atom stereocenters. The van der Waals surface area contributed by atoms with E-state index in [2.05, 4.69) is 22.4 Å². The second-order valence-corrected chi connectivity index (χ2v) is 3.12. The Hall–Kier alpha value is -1.43. The first-order valence-corrected chi connectivity index (χ1v) is 4.05. The Morgan fingerprint density at radius 1 is 1.85 bits per heavy atom. The van der Waals surface area contributed by atoms with E-state index in [0.717, 1.165) is 0 Å². The van der Waals surface area contributed by atoms with E-state index < -0.39 is 0 Å². The average Bonchev–Trinajstić information content (AvgIpc) is 2.53. The van der Waals surface area contributed by atoms with Crippen LogP contribution in [0.25, 0.3) is 0 Å². The number of nitrogens with two attached hydrogens (primary N) is 1. The zero-order chi connectivity index (χ0) is 9.84. The number of rotatable bonds is 3. The molecule has 70 valence electrons. The molecule has 5 nitrogen and oxygen atoms in total. The first-order chi connectivity index (χ1) is 6.11. The normalized spacial score (nSPS) is 9.62. The average molecular weight is 198 g/mol. The van der Waals surface area contributed by atoms with Gasteiger partial charge >= 0.3 is 0 Å². The van der Waals surface area contributed by atoms with Gasteiger partial charge in [-0.05, 0) is 6.07 Å². The van der Waals surface area contributed by atoms with Crippen molar-refractivity contribution < 1.29 is 4.79 Å². The number of likely N-dealkylation sites (N-methyl/N-ethyl adjacent to an activating group) is 1. The Morgan fingerprint density at radius 2 is 2.54 bits per heavy atom. The molecule has 0 fully saturated rings. The van der Waals surface area contributed by atoms with Gasteiger partial charge in [0.1, 0.15) is 5.69 Å². The monoisotopic (exact) mass is 198 g/mol. The number of hydrogen-bond donors (Lipinski definition) is 2. The molecule has 0 spiro atoms. The summed E-state index contributed by atoms with van der Waals surface area (Å²) in [6, 6.07) is 1.60. The van der Waals surface area contributed by atoms with Crippen LogP contribution >= 0.6 is 12.2 Å². The number of nitrogens with zero attached hydrogens (tertiary/aromatic N) is 2. The molecule has 0 saturated carbocycles. The largest absolute Gasteiger partial charge is 0.392 e. The van der Waals surface area contributed by atoms with Crippen LogP contribution in [-0.4, -0.2) is 39.6 Å². The minimum absolute atomic E-state index is 0.176. The molecule has 1 rings (SSSR count). The Kier molecular flexibility index (Phi) is 2.97. The molecule has 1 aromatic heterocycles. The lowest BCUT2D eigenvalue weighted by Gasteiger charge is -2.14. The fraction of sp³-hybridized carbons (Fsp3) is 0.286. The summed E-state index contributed by atoms with van der Waals surface area (Å²) >= 11 is 4.68. The Balaban J connectivity index is 2.63. The molecular formula is C7H10N4OS. The number of H-pyrrole nitrogens is 1. The minimum atomic E-state index is -0.176. The molecule has 0 atom stereocenters. The third kappa shape index (κ3) is 2.51. The van der Waals surface area contributed by atoms with Crippen LogP contribution in [0.15, 0.2) is 12.3 Å². The Morgan fingerprint density at radius 3 is 3.00 bits per heavy atom. The van der Waals surface area contributed by atoms with Gasteiger partial charge < -0.3 is 10.6 Å². The number of amides is 1. The van der Waals surface area contributed by atoms with Crippen molar-refractivity contribution >= 4 is 23.1 Å². The van der Waals surface area contributed by atoms with E-state index in [1.54, 1.807) is 13.1 Å². The molecule has 0 aliphatic heterocycles. The van der Waals surface area contributed by atoms with Crippen LogP contribution in [-0.2, 0) is 0 Å². The zero-order valence-corrected chi connectivity index (χ0v) is 7.97. The fourth-order valence-corrected chi connectivity index (χ4v) is 1.08. The van der Waals surface area contributed by atoms with Crippen molar-refractivity contribution in [2.24, 2.45) is 5.73 Å². The molecule has 0 saturated heterocycles. The molecule has 3 N–H and O–H groups in total. The van der Waals surface area contributed by atoms with Crippen molar-refractivity contribution in [2.45, 2.75) is 0 Å². The van der Waals surface area contributed by atoms with Crippen LogP contribution < -0.4 is 5.73 Å². The molecule has 1 amide bonds. The van der Waals surface area contributed by atoms with Crippen LogP contribution in [0.4, 0.5) is 0 Å². The van der Waals surface area contributed by atoms with Crippen LogP contribution in [0.5, 0.6) is 0 Å². The third-order valence-electron chi connectivity index (χ3n) is 1.47. The second-order valence-electron chi connectivity index (χ2n) is 2.60. The molecule has 13 heavy (non-hydrogen) atoms. The lowest BCUT2D eigenvalue weighted by atomic mass is 10.4. The molecule has 6 heteroatoms. The molecule has 0 radical (unpaired) electrons. The van der Waals surface area contributed by atoms with Crippen molar-refractivity contribution in [3.63, 3.8) is 0 Å². The highest BCUT2D eigenvalue weighted by atomic mass is 32.1. The lowest BCUT2D eigenvalue weighted by molar-refractivity contribution is 0.0809. The van der Waals surface area contributed by atoms with E-state index >= 15 is 0 Å². The molecule has 1 aromatic rings. The number of carbonyl (C=O) groups is 1. The first-order valence-electron chi connectivity index (χ1n) is 3.64. The van der Waals surface area contributed by atoms with Gasteiger partial charge in [-0.2, -0.15) is 5.10 Å². The summed E-state index contributed by atoms with van der Waals surface area (Å²) in [7, 11) is 1.63. The smallest absolute Gasteiger partial charge is 0.271 e. The predicted octanol–water partition coefficient (Wildman–Crippen LogP) is -0.232. The second kappa shape index (κ2) is 3.99. The van der Waals surface area contributed by atoms with Crippen LogP contribution in [0.3, 0.4) is 0 Å². The fourth-order valence-electron chi connectivity index (χ4n) is 0.886. The first kappa shape index (κ1) is 9.66. The van der Waals surface area contributed by atoms with Gasteiger partial charge in [0.05, 0.1) is 11.5 Å². The highest BCUT2D eigenvalue weighted by Crippen LogP contribution is 1.97. The summed E-state index contributed by atoms with van der Waals surface area (Å²) in [6.45, 7) is 0.271. The molecule has 0 aromatic carbocycles. The van der Waals surface area contributed by atoms with Crippen LogP contribution in [0.2, 0.25) is 0 Å². The summed E-state index contributed by atoms with van der Waals surface area (Å²) in [6.07, 6.45) is 1.52. The summed E-state index contributed by atoms with van der Waals surface area (Å²) in [5, 5.41) is 6.23. The van der Waals surface area contributed by atoms with E-state index in [1.807, 2.05) is 0 Å². The van der Waals surface area contributed by atoms with Gasteiger partial charge in [-0.3, -0.25) is 9.89 Å². The van der Waals surface area contributed by atoms with Gasteiger partial charge in [-0.15, -0.1) is 0 Å². The standard InChI is InChI=1S/C7H10N4OS/c1-11(4-6(8)13)7(12)5-2-3-9-10-5/h2-3H,4H2,1H3,(H2,8,13)(H,9,10). The quantitative estimate of drug-likeness (QED) is 0.658. The number of nitrogens with one attached hydrogen (secondary N) is 1. The maximum atomic E-state index is 11.5. The van der Waals surface area contributed by atoms with Gasteiger partial charge in [-0.25, -0.2) is 0 Å². The highest BCUT2D eigenvalue weighted by Gasteiger charge is 2.12. The van der Waals surface area contributed by atoms with Crippen LogP contribution in [0, 0.1) is 0 Å². The maximum absolute atomic E-state index is 11.5. The number of thiocarbonyl (C=S) groups is 1. The van der Waals surface area contributed by atoms with E-state index in [9.17, 15) is 4.79 Å². The van der Waals surface area contributed by atoms with Crippen molar-refractivity contribution in [1.29, 1.82) is 0 Å². The topological polar surface area (TPSA) is 75.0 Å². The van der Waals surface area contributed by atoms with Crippen molar-refractivity contribution in [3.05, 3.63) is 18.0 Å². The van der Waals surface area contributed by atoms with Gasteiger partial charge in [0.2, 0.25) is 0 Å². The van der Waals surface area contributed by atoms with E-state index in [-0.39, 0.29) is 17.4 Å². The van der Waals surface area contributed by atoms with E-state index in [1.165, 1.54) is 11.1 Å². The molecule has 0 aliphatic carbocycles. The maximum Gasteiger partial charge on any atom is 0.271 e. The summed E-state index contributed by atoms with van der Waals surface area (Å²) in [5.41, 5.74) is 5.73. The highest BCUT2D eigenvalue weighted by molar-refractivity contribution is 7.80. The number of aromatic amines is 1. The number of hydrogen-bond acceptors (Lipinski definition) is 3. The summed E-state index contributed by atoms with van der Waals surface area (Å²) in [4.78, 5) is 13.2. The Labute approximate surface area is 80.9 Å².